The zero-order valence-corrected chi connectivity index (χ0v) is 20.0. The summed E-state index contributed by atoms with van der Waals surface area (Å²) in [5.74, 6) is 0.661. The molecule has 3 heterocycles. The normalized spacial score (nSPS) is 12.2. The molecule has 0 bridgehead atoms. The average molecular weight is 450 g/mol. The summed E-state index contributed by atoms with van der Waals surface area (Å²) >= 11 is 0. The number of hydrogen-bond donors (Lipinski definition) is 2. The molecule has 33 heavy (non-hydrogen) atoms. The molecule has 1 amide bonds. The van der Waals surface area contributed by atoms with Crippen LogP contribution < -0.4 is 5.73 Å². The van der Waals surface area contributed by atoms with E-state index in [0.717, 1.165) is 40.9 Å². The topological polar surface area (TPSA) is 124 Å². The highest BCUT2D eigenvalue weighted by molar-refractivity contribution is 6.02. The van der Waals surface area contributed by atoms with Crippen LogP contribution in [-0.4, -0.2) is 66.2 Å². The summed E-state index contributed by atoms with van der Waals surface area (Å²) in [5.41, 5.74) is 9.37. The van der Waals surface area contributed by atoms with Gasteiger partial charge in [-0.15, -0.1) is 10.2 Å². The van der Waals surface area contributed by atoms with Crippen LogP contribution in [0.3, 0.4) is 0 Å². The van der Waals surface area contributed by atoms with E-state index in [-0.39, 0.29) is 5.41 Å². The molecular formula is C23H31N9O. The van der Waals surface area contributed by atoms with Crippen molar-refractivity contribution >= 4 is 16.8 Å². The van der Waals surface area contributed by atoms with Crippen molar-refractivity contribution in [1.29, 1.82) is 0 Å². The van der Waals surface area contributed by atoms with Crippen molar-refractivity contribution in [3.05, 3.63) is 35.7 Å². The molecule has 0 saturated heterocycles. The Balaban J connectivity index is 1.81. The number of H-pyrrole nitrogens is 1. The van der Waals surface area contributed by atoms with Gasteiger partial charge in [0.15, 0.2) is 11.6 Å². The lowest BCUT2D eigenvalue weighted by atomic mass is 9.93. The van der Waals surface area contributed by atoms with Crippen LogP contribution in [0, 0.1) is 12.3 Å². The molecule has 10 heteroatoms. The van der Waals surface area contributed by atoms with Crippen LogP contribution in [0.2, 0.25) is 0 Å². The van der Waals surface area contributed by atoms with Gasteiger partial charge in [0.2, 0.25) is 5.91 Å². The predicted molar refractivity (Wildman–Crippen MR) is 128 cm³/mol. The van der Waals surface area contributed by atoms with E-state index in [9.17, 15) is 4.79 Å². The molecule has 4 rings (SSSR count). The fourth-order valence-corrected chi connectivity index (χ4v) is 4.43. The lowest BCUT2D eigenvalue weighted by molar-refractivity contribution is 0.100. The number of aromatic nitrogens is 7. The standard InChI is InChI=1S/C23H31N9O/c1-7-31-19(8-14(2)29-31)22-26-21(27-28-22)16-9-15(20(24)33)10-18-17(16)11-25-32(18)13-23(3,4)12-30(5)6/h8-11H,7,12-13H2,1-6H3,(H2,24,33)(H,26,27,28). The molecule has 3 aromatic heterocycles. The number of aryl methyl sites for hydroxylation is 2. The van der Waals surface area contributed by atoms with Gasteiger partial charge in [0.1, 0.15) is 5.69 Å². The van der Waals surface area contributed by atoms with E-state index in [1.54, 1.807) is 12.1 Å². The van der Waals surface area contributed by atoms with Gasteiger partial charge in [-0.2, -0.15) is 10.2 Å². The highest BCUT2D eigenvalue weighted by Crippen LogP contribution is 2.31. The van der Waals surface area contributed by atoms with E-state index in [1.807, 2.05) is 35.5 Å². The Morgan fingerprint density at radius 1 is 1.15 bits per heavy atom. The molecular weight excluding hydrogens is 418 g/mol. The van der Waals surface area contributed by atoms with E-state index in [1.165, 1.54) is 0 Å². The second-order valence-electron chi connectivity index (χ2n) is 9.53. The Bertz CT molecular complexity index is 1310. The Labute approximate surface area is 192 Å². The lowest BCUT2D eigenvalue weighted by Crippen LogP contribution is -2.32. The van der Waals surface area contributed by atoms with Crippen molar-refractivity contribution in [2.75, 3.05) is 20.6 Å². The molecule has 0 spiro atoms. The van der Waals surface area contributed by atoms with Crippen molar-refractivity contribution in [2.45, 2.75) is 40.8 Å². The van der Waals surface area contributed by atoms with Gasteiger partial charge in [-0.1, -0.05) is 13.8 Å². The van der Waals surface area contributed by atoms with Crippen LogP contribution in [-0.2, 0) is 13.1 Å². The monoisotopic (exact) mass is 449 g/mol. The number of benzene rings is 1. The first-order valence-electron chi connectivity index (χ1n) is 11.0. The maximum absolute atomic E-state index is 12.1. The Morgan fingerprint density at radius 2 is 1.88 bits per heavy atom. The predicted octanol–water partition coefficient (Wildman–Crippen LogP) is 2.70. The number of carbonyl (C=O) groups excluding carboxylic acids is 1. The van der Waals surface area contributed by atoms with Crippen LogP contribution in [0.5, 0.6) is 0 Å². The van der Waals surface area contributed by atoms with Crippen LogP contribution in [0.1, 0.15) is 36.8 Å². The van der Waals surface area contributed by atoms with Crippen molar-refractivity contribution in [1.82, 2.24) is 39.6 Å². The molecule has 0 radical (unpaired) electrons. The van der Waals surface area contributed by atoms with Gasteiger partial charge in [0, 0.05) is 36.1 Å². The minimum absolute atomic E-state index is 0.0266. The highest BCUT2D eigenvalue weighted by atomic mass is 16.1. The van der Waals surface area contributed by atoms with Crippen LogP contribution in [0.15, 0.2) is 24.4 Å². The Kier molecular flexibility index (Phi) is 5.79. The van der Waals surface area contributed by atoms with Gasteiger partial charge in [-0.25, -0.2) is 0 Å². The third-order valence-electron chi connectivity index (χ3n) is 5.56. The Hall–Kier alpha value is -3.53. The van der Waals surface area contributed by atoms with E-state index >= 15 is 0 Å². The average Bonchev–Trinajstić information content (AvgIpc) is 3.44. The first kappa shape index (κ1) is 22.7. The number of hydrogen-bond acceptors (Lipinski definition) is 6. The van der Waals surface area contributed by atoms with Crippen LogP contribution in [0.25, 0.3) is 33.8 Å². The highest BCUT2D eigenvalue weighted by Gasteiger charge is 2.23. The molecule has 0 atom stereocenters. The second kappa shape index (κ2) is 8.43. The van der Waals surface area contributed by atoms with Crippen molar-refractivity contribution < 1.29 is 4.79 Å². The molecule has 1 aromatic carbocycles. The largest absolute Gasteiger partial charge is 0.366 e. The minimum Gasteiger partial charge on any atom is -0.366 e. The number of nitrogens with one attached hydrogen (secondary N) is 1. The zero-order valence-electron chi connectivity index (χ0n) is 20.0. The van der Waals surface area contributed by atoms with Crippen molar-refractivity contribution in [3.8, 4) is 22.9 Å². The fraction of sp³-hybridized carbons (Fsp3) is 0.435. The maximum atomic E-state index is 12.1. The first-order chi connectivity index (χ1) is 15.6. The second-order valence-corrected chi connectivity index (χ2v) is 9.53. The van der Waals surface area contributed by atoms with Crippen LogP contribution >= 0.6 is 0 Å². The maximum Gasteiger partial charge on any atom is 0.248 e. The van der Waals surface area contributed by atoms with Crippen molar-refractivity contribution in [2.24, 2.45) is 11.1 Å². The van der Waals surface area contributed by atoms with Gasteiger partial charge in [-0.3, -0.25) is 14.2 Å². The molecule has 10 nitrogen and oxygen atoms in total. The zero-order chi connectivity index (χ0) is 23.9. The number of aromatic amines is 1. The molecule has 0 fully saturated rings. The smallest absolute Gasteiger partial charge is 0.248 e. The number of amides is 1. The number of nitrogens with two attached hydrogens (primary N) is 1. The van der Waals surface area contributed by atoms with Gasteiger partial charge in [0.25, 0.3) is 0 Å². The van der Waals surface area contributed by atoms with E-state index in [2.05, 4.69) is 58.2 Å². The fourth-order valence-electron chi connectivity index (χ4n) is 4.43. The molecule has 174 valence electrons. The summed E-state index contributed by atoms with van der Waals surface area (Å²) < 4.78 is 3.81. The number of nitrogens with zero attached hydrogens (tertiary/aromatic N) is 7. The third-order valence-corrected chi connectivity index (χ3v) is 5.56. The minimum atomic E-state index is -0.502. The molecule has 4 aromatic rings. The number of fused-ring (bicyclic) bond motifs is 1. The number of rotatable bonds is 8. The number of primary amides is 1. The van der Waals surface area contributed by atoms with E-state index < -0.39 is 5.91 Å². The van der Waals surface area contributed by atoms with Gasteiger partial charge >= 0.3 is 0 Å². The summed E-state index contributed by atoms with van der Waals surface area (Å²) in [4.78, 5) is 17.6. The quantitative estimate of drug-likeness (QED) is 0.426. The summed E-state index contributed by atoms with van der Waals surface area (Å²) in [5, 5.41) is 18.7. The SMILES string of the molecule is CCn1nc(C)cc1-c1nnc(-c2cc(C(N)=O)cc3c2cnn3CC(C)(C)CN(C)C)[nH]1. The van der Waals surface area contributed by atoms with E-state index in [0.29, 0.717) is 23.8 Å². The van der Waals surface area contributed by atoms with Crippen LogP contribution in [0.4, 0.5) is 0 Å². The molecule has 0 aliphatic carbocycles. The Morgan fingerprint density at radius 3 is 2.55 bits per heavy atom. The molecule has 0 aliphatic rings. The van der Waals surface area contributed by atoms with Gasteiger partial charge < -0.3 is 15.6 Å². The molecule has 0 aliphatic heterocycles. The van der Waals surface area contributed by atoms with Crippen molar-refractivity contribution in [3.63, 3.8) is 0 Å². The summed E-state index contributed by atoms with van der Waals surface area (Å²) in [6.07, 6.45) is 1.81. The molecule has 3 N–H and O–H groups in total. The summed E-state index contributed by atoms with van der Waals surface area (Å²) in [6.45, 7) is 10.7. The molecule has 0 saturated carbocycles. The first-order valence-corrected chi connectivity index (χ1v) is 11.0. The molecule has 0 unspecified atom stereocenters. The summed E-state index contributed by atoms with van der Waals surface area (Å²) in [6, 6.07) is 5.51. The third kappa shape index (κ3) is 4.51. The van der Waals surface area contributed by atoms with E-state index in [4.69, 9.17) is 5.73 Å². The summed E-state index contributed by atoms with van der Waals surface area (Å²) in [7, 11) is 4.11. The van der Waals surface area contributed by atoms with Gasteiger partial charge in [-0.05, 0) is 51.6 Å². The lowest BCUT2D eigenvalue weighted by Gasteiger charge is -2.28. The number of carbonyl (C=O) groups is 1. The van der Waals surface area contributed by atoms with Gasteiger partial charge in [0.05, 0.1) is 17.4 Å².